The molecule has 0 saturated heterocycles. The summed E-state index contributed by atoms with van der Waals surface area (Å²) in [7, 11) is 0. The van der Waals surface area contributed by atoms with Crippen molar-refractivity contribution in [3.05, 3.63) is 29.8 Å². The predicted octanol–water partition coefficient (Wildman–Crippen LogP) is 2.16. The quantitative estimate of drug-likeness (QED) is 0.860. The molecule has 1 unspecified atom stereocenters. The van der Waals surface area contributed by atoms with Crippen molar-refractivity contribution in [3.63, 3.8) is 0 Å². The summed E-state index contributed by atoms with van der Waals surface area (Å²) in [6.45, 7) is 7.70. The fourth-order valence-corrected chi connectivity index (χ4v) is 1.35. The molecule has 1 rings (SSSR count). The van der Waals surface area contributed by atoms with Crippen LogP contribution in [0.2, 0.25) is 0 Å². The molecule has 0 heterocycles. The van der Waals surface area contributed by atoms with Crippen LogP contribution in [0.15, 0.2) is 24.3 Å². The molecule has 0 saturated carbocycles. The van der Waals surface area contributed by atoms with Crippen molar-refractivity contribution >= 4 is 5.97 Å². The van der Waals surface area contributed by atoms with Crippen LogP contribution in [0, 0.1) is 0 Å². The van der Waals surface area contributed by atoms with Crippen LogP contribution in [0.5, 0.6) is 5.75 Å². The van der Waals surface area contributed by atoms with Gasteiger partial charge in [-0.2, -0.15) is 0 Å². The number of ether oxygens (including phenoxy) is 1. The fourth-order valence-electron chi connectivity index (χ4n) is 1.35. The van der Waals surface area contributed by atoms with Gasteiger partial charge in [-0.05, 0) is 30.0 Å². The highest BCUT2D eigenvalue weighted by atomic mass is 16.5. The first-order chi connectivity index (χ1) is 8.13. The van der Waals surface area contributed by atoms with E-state index in [0.29, 0.717) is 5.75 Å². The topological polar surface area (TPSA) is 72.5 Å². The normalized spacial score (nSPS) is 14.9. The van der Waals surface area contributed by atoms with Gasteiger partial charge in [-0.25, -0.2) is 0 Å². The van der Waals surface area contributed by atoms with Crippen LogP contribution in [-0.4, -0.2) is 23.2 Å². The van der Waals surface area contributed by atoms with Gasteiger partial charge in [0, 0.05) is 0 Å². The number of carboxylic acids is 1. The lowest BCUT2D eigenvalue weighted by Crippen LogP contribution is -2.49. The highest BCUT2D eigenvalue weighted by Gasteiger charge is 2.29. The van der Waals surface area contributed by atoms with Gasteiger partial charge in [0.1, 0.15) is 17.9 Å². The third-order valence-electron chi connectivity index (χ3n) is 2.73. The largest absolute Gasteiger partial charge is 0.491 e. The van der Waals surface area contributed by atoms with Crippen molar-refractivity contribution in [2.75, 3.05) is 6.61 Å². The maximum absolute atomic E-state index is 10.9. The van der Waals surface area contributed by atoms with Crippen LogP contribution in [0.1, 0.15) is 33.3 Å². The van der Waals surface area contributed by atoms with E-state index in [4.69, 9.17) is 15.6 Å². The average molecular weight is 251 g/mol. The SMILES string of the molecule is CC(N)(COc1cccc(C(C)(C)C)c1)C(=O)O. The summed E-state index contributed by atoms with van der Waals surface area (Å²) in [6.07, 6.45) is 0. The molecule has 0 aliphatic rings. The number of aliphatic carboxylic acids is 1. The van der Waals surface area contributed by atoms with Crippen molar-refractivity contribution in [1.82, 2.24) is 0 Å². The third-order valence-corrected chi connectivity index (χ3v) is 2.73. The first kappa shape index (κ1) is 14.5. The maximum atomic E-state index is 10.9. The van der Waals surface area contributed by atoms with E-state index in [-0.39, 0.29) is 12.0 Å². The van der Waals surface area contributed by atoms with Crippen molar-refractivity contribution in [2.45, 2.75) is 38.6 Å². The fraction of sp³-hybridized carbons (Fsp3) is 0.500. The van der Waals surface area contributed by atoms with Crippen LogP contribution in [0.25, 0.3) is 0 Å². The lowest BCUT2D eigenvalue weighted by atomic mass is 9.87. The molecule has 0 fully saturated rings. The van der Waals surface area contributed by atoms with Crippen LogP contribution >= 0.6 is 0 Å². The Morgan fingerprint density at radius 1 is 1.33 bits per heavy atom. The summed E-state index contributed by atoms with van der Waals surface area (Å²) in [5.74, 6) is -0.435. The molecular formula is C14H21NO3. The number of rotatable bonds is 4. The molecule has 1 aromatic carbocycles. The molecule has 0 bridgehead atoms. The van der Waals surface area contributed by atoms with E-state index in [1.54, 1.807) is 6.07 Å². The molecular weight excluding hydrogens is 230 g/mol. The first-order valence-corrected chi connectivity index (χ1v) is 5.88. The predicted molar refractivity (Wildman–Crippen MR) is 70.9 cm³/mol. The van der Waals surface area contributed by atoms with E-state index >= 15 is 0 Å². The Labute approximate surface area is 108 Å². The minimum absolute atomic E-state index is 0.0260. The Morgan fingerprint density at radius 3 is 2.44 bits per heavy atom. The van der Waals surface area contributed by atoms with Gasteiger partial charge < -0.3 is 15.6 Å². The van der Waals surface area contributed by atoms with E-state index in [1.807, 2.05) is 18.2 Å². The zero-order chi connectivity index (χ0) is 14.0. The number of carboxylic acid groups (broad SMARTS) is 1. The van der Waals surface area contributed by atoms with Gasteiger partial charge in [0.05, 0.1) is 0 Å². The summed E-state index contributed by atoms with van der Waals surface area (Å²) in [5.41, 5.74) is 5.39. The zero-order valence-corrected chi connectivity index (χ0v) is 11.4. The van der Waals surface area contributed by atoms with Crippen LogP contribution in [0.3, 0.4) is 0 Å². The van der Waals surface area contributed by atoms with Crippen LogP contribution in [-0.2, 0) is 10.2 Å². The van der Waals surface area contributed by atoms with Crippen LogP contribution in [0.4, 0.5) is 0 Å². The van der Waals surface area contributed by atoms with Gasteiger partial charge in [0.2, 0.25) is 0 Å². The summed E-state index contributed by atoms with van der Waals surface area (Å²) in [6, 6.07) is 7.63. The summed E-state index contributed by atoms with van der Waals surface area (Å²) < 4.78 is 5.46. The molecule has 3 N–H and O–H groups in total. The maximum Gasteiger partial charge on any atom is 0.326 e. The molecule has 0 aliphatic carbocycles. The Bertz CT molecular complexity index is 433. The minimum Gasteiger partial charge on any atom is -0.491 e. The second-order valence-corrected chi connectivity index (χ2v) is 5.79. The molecule has 1 atom stereocenters. The highest BCUT2D eigenvalue weighted by Crippen LogP contribution is 2.25. The van der Waals surface area contributed by atoms with Crippen molar-refractivity contribution in [2.24, 2.45) is 5.73 Å². The number of hydrogen-bond donors (Lipinski definition) is 2. The highest BCUT2D eigenvalue weighted by molar-refractivity contribution is 5.78. The van der Waals surface area contributed by atoms with Crippen molar-refractivity contribution in [3.8, 4) is 5.75 Å². The van der Waals surface area contributed by atoms with E-state index in [9.17, 15) is 4.79 Å². The zero-order valence-electron chi connectivity index (χ0n) is 11.4. The molecule has 0 aromatic heterocycles. The lowest BCUT2D eigenvalue weighted by molar-refractivity contribution is -0.143. The molecule has 18 heavy (non-hydrogen) atoms. The minimum atomic E-state index is -1.38. The summed E-state index contributed by atoms with van der Waals surface area (Å²) in [4.78, 5) is 10.9. The molecule has 100 valence electrons. The second-order valence-electron chi connectivity index (χ2n) is 5.79. The van der Waals surface area contributed by atoms with Gasteiger partial charge in [0.25, 0.3) is 0 Å². The van der Waals surface area contributed by atoms with Gasteiger partial charge in [0.15, 0.2) is 0 Å². The number of carbonyl (C=O) groups is 1. The lowest BCUT2D eigenvalue weighted by Gasteiger charge is -2.22. The van der Waals surface area contributed by atoms with Crippen molar-refractivity contribution < 1.29 is 14.6 Å². The van der Waals surface area contributed by atoms with Gasteiger partial charge >= 0.3 is 5.97 Å². The van der Waals surface area contributed by atoms with E-state index in [1.165, 1.54) is 6.92 Å². The smallest absolute Gasteiger partial charge is 0.326 e. The average Bonchev–Trinajstić information content (AvgIpc) is 2.25. The van der Waals surface area contributed by atoms with Gasteiger partial charge in [-0.1, -0.05) is 32.9 Å². The summed E-state index contributed by atoms with van der Waals surface area (Å²) in [5, 5.41) is 8.90. The van der Waals surface area contributed by atoms with Gasteiger partial charge in [-0.3, -0.25) is 4.79 Å². The Kier molecular flexibility index (Phi) is 4.02. The molecule has 4 heteroatoms. The Balaban J connectivity index is 2.78. The van der Waals surface area contributed by atoms with Crippen LogP contribution < -0.4 is 10.5 Å². The molecule has 4 nitrogen and oxygen atoms in total. The Morgan fingerprint density at radius 2 is 1.94 bits per heavy atom. The summed E-state index contributed by atoms with van der Waals surface area (Å²) >= 11 is 0. The number of hydrogen-bond acceptors (Lipinski definition) is 3. The molecule has 1 aromatic rings. The second kappa shape index (κ2) is 4.98. The molecule has 0 spiro atoms. The Hall–Kier alpha value is -1.55. The van der Waals surface area contributed by atoms with Gasteiger partial charge in [-0.15, -0.1) is 0 Å². The van der Waals surface area contributed by atoms with E-state index in [2.05, 4.69) is 20.8 Å². The van der Waals surface area contributed by atoms with Crippen molar-refractivity contribution in [1.29, 1.82) is 0 Å². The monoisotopic (exact) mass is 251 g/mol. The van der Waals surface area contributed by atoms with E-state index < -0.39 is 11.5 Å². The first-order valence-electron chi connectivity index (χ1n) is 5.88. The molecule has 0 aliphatic heterocycles. The standard InChI is InChI=1S/C14H21NO3/c1-13(2,3)10-6-5-7-11(8-10)18-9-14(4,15)12(16)17/h5-8H,9,15H2,1-4H3,(H,16,17). The molecule has 0 amide bonds. The molecule has 0 radical (unpaired) electrons. The number of benzene rings is 1. The number of nitrogens with two attached hydrogens (primary N) is 1. The van der Waals surface area contributed by atoms with E-state index in [0.717, 1.165) is 5.56 Å². The third kappa shape index (κ3) is 3.74.